The Morgan fingerprint density at radius 2 is 1.17 bits per heavy atom. The van der Waals surface area contributed by atoms with E-state index in [2.05, 4.69) is 0 Å². The molecule has 0 saturated carbocycles. The minimum atomic E-state index is -0.720. The fraction of sp³-hybridized carbons (Fsp3) is 0.895. The molecule has 0 aliphatic carbocycles. The summed E-state index contributed by atoms with van der Waals surface area (Å²) in [5.74, 6) is -1.44. The third-order valence-electron chi connectivity index (χ3n) is 4.27. The lowest BCUT2D eigenvalue weighted by molar-refractivity contribution is -0.141. The van der Waals surface area contributed by atoms with E-state index in [0.717, 1.165) is 26.2 Å². The van der Waals surface area contributed by atoms with E-state index in [1.165, 1.54) is 0 Å². The van der Waals surface area contributed by atoms with E-state index in [4.69, 9.17) is 29.9 Å². The summed E-state index contributed by atoms with van der Waals surface area (Å²) in [6.07, 6.45) is -0.654. The molecule has 10 heteroatoms. The van der Waals surface area contributed by atoms with Crippen molar-refractivity contribution in [3.63, 3.8) is 0 Å². The number of aliphatic carboxylic acids is 2. The molecule has 5 atom stereocenters. The molecule has 0 aromatic heterocycles. The van der Waals surface area contributed by atoms with Gasteiger partial charge in [-0.05, 0) is 34.6 Å². The number of aliphatic hydroxyl groups is 2. The lowest BCUT2D eigenvalue weighted by Crippen LogP contribution is -2.24. The molecular weight excluding hydrogens is 384 g/mol. The van der Waals surface area contributed by atoms with Gasteiger partial charge in [-0.2, -0.15) is 0 Å². The molecule has 5 unspecified atom stereocenters. The van der Waals surface area contributed by atoms with Crippen LogP contribution in [0.2, 0.25) is 0 Å². The van der Waals surface area contributed by atoms with Crippen molar-refractivity contribution in [2.24, 2.45) is 0 Å². The summed E-state index contributed by atoms with van der Waals surface area (Å²) in [5.41, 5.74) is 0. The van der Waals surface area contributed by atoms with Crippen LogP contribution in [-0.4, -0.2) is 119 Å². The quantitative estimate of drug-likeness (QED) is 0.329. The Morgan fingerprint density at radius 1 is 0.793 bits per heavy atom. The van der Waals surface area contributed by atoms with Gasteiger partial charge in [0, 0.05) is 26.2 Å². The van der Waals surface area contributed by atoms with Crippen LogP contribution in [-0.2, 0) is 19.1 Å². The number of nitrogens with zero attached hydrogens (tertiary/aromatic N) is 2. The fourth-order valence-electron chi connectivity index (χ4n) is 1.91. The Morgan fingerprint density at radius 3 is 1.41 bits per heavy atom. The number of hydrogen-bond acceptors (Lipinski definition) is 8. The number of aliphatic hydroxyl groups excluding tert-OH is 2. The van der Waals surface area contributed by atoms with Crippen molar-refractivity contribution < 1.29 is 39.5 Å². The lowest BCUT2D eigenvalue weighted by Gasteiger charge is -2.16. The molecule has 2 aliphatic rings. The highest BCUT2D eigenvalue weighted by molar-refractivity contribution is 5.73. The zero-order valence-corrected chi connectivity index (χ0v) is 18.2. The summed E-state index contributed by atoms with van der Waals surface area (Å²) in [7, 11) is 0. The van der Waals surface area contributed by atoms with E-state index in [1.807, 2.05) is 16.7 Å². The fourth-order valence-corrected chi connectivity index (χ4v) is 1.91. The largest absolute Gasteiger partial charge is 0.480 e. The number of hydrogen-bond donors (Lipinski definition) is 4. The van der Waals surface area contributed by atoms with Gasteiger partial charge in [-0.3, -0.25) is 19.4 Å². The second kappa shape index (κ2) is 14.6. The van der Waals surface area contributed by atoms with Gasteiger partial charge in [0.05, 0.1) is 38.1 Å². The van der Waals surface area contributed by atoms with E-state index in [0.29, 0.717) is 13.2 Å². The van der Waals surface area contributed by atoms with E-state index in [1.54, 1.807) is 27.7 Å². The molecule has 0 radical (unpaired) electrons. The van der Waals surface area contributed by atoms with Gasteiger partial charge in [0.2, 0.25) is 0 Å². The highest BCUT2D eigenvalue weighted by Gasteiger charge is 2.29. The Balaban J connectivity index is 0.000000423. The van der Waals surface area contributed by atoms with Crippen molar-refractivity contribution >= 4 is 11.9 Å². The minimum absolute atomic E-state index is 0.0170. The van der Waals surface area contributed by atoms with Crippen molar-refractivity contribution in [3.05, 3.63) is 0 Å². The normalized spacial score (nSPS) is 20.7. The standard InChI is InChI=1S/C9H20O4.2C5H9NO2/c1-7(11)5-12-9(3)6-13-8(2)4-10;2*1-4(5(7)8)6-2-3-6/h7-11H,4-6H2,1-3H3;2*4H,2-3H2,1H3,(H,7,8). The van der Waals surface area contributed by atoms with Gasteiger partial charge in [-0.1, -0.05) is 0 Å². The molecule has 29 heavy (non-hydrogen) atoms. The van der Waals surface area contributed by atoms with Crippen molar-refractivity contribution in [2.45, 2.75) is 65.0 Å². The molecule has 2 heterocycles. The highest BCUT2D eigenvalue weighted by Crippen LogP contribution is 2.09. The predicted octanol–water partition coefficient (Wildman–Crippen LogP) is -0.280. The van der Waals surface area contributed by atoms with Crippen LogP contribution in [0, 0.1) is 0 Å². The van der Waals surface area contributed by atoms with E-state index in [9.17, 15) is 9.59 Å². The van der Waals surface area contributed by atoms with Crippen LogP contribution < -0.4 is 0 Å². The van der Waals surface area contributed by atoms with Gasteiger partial charge in [0.1, 0.15) is 12.1 Å². The molecule has 4 N–H and O–H groups in total. The zero-order chi connectivity index (χ0) is 22.6. The predicted molar refractivity (Wildman–Crippen MR) is 107 cm³/mol. The van der Waals surface area contributed by atoms with Crippen LogP contribution in [0.15, 0.2) is 0 Å². The van der Waals surface area contributed by atoms with Crippen molar-refractivity contribution in [3.8, 4) is 0 Å². The number of ether oxygens (including phenoxy) is 2. The van der Waals surface area contributed by atoms with Crippen LogP contribution >= 0.6 is 0 Å². The Kier molecular flexibility index (Phi) is 14.0. The van der Waals surface area contributed by atoms with Crippen LogP contribution in [0.1, 0.15) is 34.6 Å². The third-order valence-corrected chi connectivity index (χ3v) is 4.27. The van der Waals surface area contributed by atoms with Crippen LogP contribution in [0.3, 0.4) is 0 Å². The van der Waals surface area contributed by atoms with Crippen LogP contribution in [0.4, 0.5) is 0 Å². The molecule has 0 bridgehead atoms. The molecule has 0 amide bonds. The summed E-state index contributed by atoms with van der Waals surface area (Å²) in [6.45, 7) is 13.3. The molecule has 0 spiro atoms. The lowest BCUT2D eigenvalue weighted by atomic mass is 10.3. The first-order valence-electron chi connectivity index (χ1n) is 9.95. The Bertz CT molecular complexity index is 441. The molecule has 0 aromatic rings. The number of carboxylic acid groups (broad SMARTS) is 2. The maximum atomic E-state index is 10.1. The maximum absolute atomic E-state index is 10.1. The smallest absolute Gasteiger partial charge is 0.320 e. The zero-order valence-electron chi connectivity index (χ0n) is 18.2. The molecule has 172 valence electrons. The third kappa shape index (κ3) is 15.2. The maximum Gasteiger partial charge on any atom is 0.320 e. The SMILES string of the molecule is CC(C(=O)O)N1CC1.CC(C(=O)O)N1CC1.CC(O)COC(C)COC(C)CO. The van der Waals surface area contributed by atoms with E-state index in [-0.39, 0.29) is 30.9 Å². The molecular formula is C19H38N2O8. The van der Waals surface area contributed by atoms with Gasteiger partial charge >= 0.3 is 11.9 Å². The van der Waals surface area contributed by atoms with Gasteiger partial charge < -0.3 is 29.9 Å². The molecule has 2 saturated heterocycles. The summed E-state index contributed by atoms with van der Waals surface area (Å²) < 4.78 is 10.5. The average molecular weight is 423 g/mol. The molecule has 2 rings (SSSR count). The number of carboxylic acids is 2. The van der Waals surface area contributed by atoms with Gasteiger partial charge in [-0.25, -0.2) is 0 Å². The number of rotatable bonds is 11. The summed E-state index contributed by atoms with van der Waals surface area (Å²) in [6, 6.07) is -0.537. The first-order valence-corrected chi connectivity index (χ1v) is 9.95. The topological polar surface area (TPSA) is 140 Å². The second-order valence-electron chi connectivity index (χ2n) is 7.42. The Labute approximate surface area is 173 Å². The van der Waals surface area contributed by atoms with Crippen molar-refractivity contribution in [1.29, 1.82) is 0 Å². The summed E-state index contributed by atoms with van der Waals surface area (Å²) in [5, 5.41) is 34.3. The minimum Gasteiger partial charge on any atom is -0.480 e. The first kappa shape index (κ1) is 27.7. The number of carbonyl (C=O) groups is 2. The monoisotopic (exact) mass is 422 g/mol. The summed E-state index contributed by atoms with van der Waals surface area (Å²) >= 11 is 0. The highest BCUT2D eigenvalue weighted by atomic mass is 16.5. The second-order valence-corrected chi connectivity index (χ2v) is 7.42. The molecule has 2 aliphatic heterocycles. The van der Waals surface area contributed by atoms with Crippen molar-refractivity contribution in [2.75, 3.05) is 46.0 Å². The average Bonchev–Trinajstić information content (AvgIpc) is 3.56. The Hall–Kier alpha value is -1.30. The van der Waals surface area contributed by atoms with Crippen LogP contribution in [0.5, 0.6) is 0 Å². The van der Waals surface area contributed by atoms with Crippen LogP contribution in [0.25, 0.3) is 0 Å². The van der Waals surface area contributed by atoms with E-state index >= 15 is 0 Å². The first-order chi connectivity index (χ1) is 13.5. The van der Waals surface area contributed by atoms with Gasteiger partial charge in [0.25, 0.3) is 0 Å². The molecule has 10 nitrogen and oxygen atoms in total. The summed E-state index contributed by atoms with van der Waals surface area (Å²) in [4.78, 5) is 24.1. The molecule has 2 fully saturated rings. The molecule has 0 aromatic carbocycles. The van der Waals surface area contributed by atoms with Gasteiger partial charge in [0.15, 0.2) is 0 Å². The van der Waals surface area contributed by atoms with Gasteiger partial charge in [-0.15, -0.1) is 0 Å². The van der Waals surface area contributed by atoms with E-state index < -0.39 is 18.0 Å². The van der Waals surface area contributed by atoms with Crippen molar-refractivity contribution in [1.82, 2.24) is 9.80 Å².